The Morgan fingerprint density at radius 2 is 1.67 bits per heavy atom. The summed E-state index contributed by atoms with van der Waals surface area (Å²) in [5, 5.41) is 0. The molecule has 0 bridgehead atoms. The average Bonchev–Trinajstić information content (AvgIpc) is 2.19. The monoisotopic (exact) mass is 160 g/mol. The molecule has 64 valence electrons. The van der Waals surface area contributed by atoms with Crippen molar-refractivity contribution in [1.29, 1.82) is 0 Å². The molecule has 1 rings (SSSR count). The summed E-state index contributed by atoms with van der Waals surface area (Å²) in [7, 11) is 0. The number of hydrogen-bond donors (Lipinski definition) is 0. The van der Waals surface area contributed by atoms with Crippen molar-refractivity contribution in [1.82, 2.24) is 0 Å². The molecule has 0 N–H and O–H groups in total. The van der Waals surface area contributed by atoms with Crippen LogP contribution in [0.4, 0.5) is 0 Å². The van der Waals surface area contributed by atoms with E-state index in [1.807, 2.05) is 44.2 Å². The molecule has 0 amide bonds. The SMILES string of the molecule is CC.CCC#Cc1ccccc1. The van der Waals surface area contributed by atoms with Crippen LogP contribution in [-0.2, 0) is 0 Å². The highest BCUT2D eigenvalue weighted by atomic mass is 13.8. The fraction of sp³-hybridized carbons (Fsp3) is 0.333. The van der Waals surface area contributed by atoms with Crippen molar-refractivity contribution in [3.63, 3.8) is 0 Å². The van der Waals surface area contributed by atoms with Crippen LogP contribution in [0.3, 0.4) is 0 Å². The van der Waals surface area contributed by atoms with Crippen LogP contribution in [0.5, 0.6) is 0 Å². The zero-order valence-corrected chi connectivity index (χ0v) is 8.09. The van der Waals surface area contributed by atoms with Gasteiger partial charge in [-0.05, 0) is 12.1 Å². The van der Waals surface area contributed by atoms with Gasteiger partial charge in [0.05, 0.1) is 0 Å². The van der Waals surface area contributed by atoms with Gasteiger partial charge in [0.2, 0.25) is 0 Å². The first-order chi connectivity index (χ1) is 5.93. The largest absolute Gasteiger partial charge is 0.0982 e. The van der Waals surface area contributed by atoms with Crippen LogP contribution in [0.15, 0.2) is 30.3 Å². The van der Waals surface area contributed by atoms with Crippen molar-refractivity contribution in [2.24, 2.45) is 0 Å². The van der Waals surface area contributed by atoms with E-state index < -0.39 is 0 Å². The molecular formula is C12H16. The lowest BCUT2D eigenvalue weighted by molar-refractivity contribution is 1.28. The summed E-state index contributed by atoms with van der Waals surface area (Å²) in [5.74, 6) is 6.06. The number of rotatable bonds is 0. The van der Waals surface area contributed by atoms with Gasteiger partial charge in [0.1, 0.15) is 0 Å². The van der Waals surface area contributed by atoms with E-state index in [-0.39, 0.29) is 0 Å². The second-order valence-corrected chi connectivity index (χ2v) is 2.02. The van der Waals surface area contributed by atoms with Crippen molar-refractivity contribution < 1.29 is 0 Å². The quantitative estimate of drug-likeness (QED) is 0.510. The van der Waals surface area contributed by atoms with Crippen molar-refractivity contribution in [2.45, 2.75) is 27.2 Å². The highest BCUT2D eigenvalue weighted by molar-refractivity contribution is 5.33. The summed E-state index contributed by atoms with van der Waals surface area (Å²) < 4.78 is 0. The first-order valence-corrected chi connectivity index (χ1v) is 4.47. The third-order valence-electron chi connectivity index (χ3n) is 1.18. The zero-order valence-electron chi connectivity index (χ0n) is 8.09. The molecule has 0 nitrogen and oxygen atoms in total. The molecule has 0 aliphatic heterocycles. The average molecular weight is 160 g/mol. The molecule has 0 spiro atoms. The zero-order chi connectivity index (χ0) is 9.23. The summed E-state index contributed by atoms with van der Waals surface area (Å²) >= 11 is 0. The number of hydrogen-bond acceptors (Lipinski definition) is 0. The Hall–Kier alpha value is -1.22. The van der Waals surface area contributed by atoms with Crippen molar-refractivity contribution in [3.8, 4) is 11.8 Å². The molecule has 0 aliphatic carbocycles. The molecule has 1 aromatic rings. The summed E-state index contributed by atoms with van der Waals surface area (Å²) in [5.41, 5.74) is 1.10. The van der Waals surface area contributed by atoms with Gasteiger partial charge in [0.15, 0.2) is 0 Å². The van der Waals surface area contributed by atoms with E-state index in [9.17, 15) is 0 Å². The first-order valence-electron chi connectivity index (χ1n) is 4.47. The van der Waals surface area contributed by atoms with Crippen LogP contribution in [0.2, 0.25) is 0 Å². The minimum Gasteiger partial charge on any atom is -0.0982 e. The van der Waals surface area contributed by atoms with E-state index in [4.69, 9.17) is 0 Å². The first kappa shape index (κ1) is 10.8. The van der Waals surface area contributed by atoms with E-state index in [0.717, 1.165) is 12.0 Å². The van der Waals surface area contributed by atoms with E-state index >= 15 is 0 Å². The van der Waals surface area contributed by atoms with Gasteiger partial charge in [0, 0.05) is 12.0 Å². The molecule has 0 atom stereocenters. The summed E-state index contributed by atoms with van der Waals surface area (Å²) in [4.78, 5) is 0. The normalized spacial score (nSPS) is 7.25. The smallest absolute Gasteiger partial charge is 0.0245 e. The minimum atomic E-state index is 0.925. The Morgan fingerprint density at radius 3 is 2.17 bits per heavy atom. The lowest BCUT2D eigenvalue weighted by Gasteiger charge is -1.84. The highest BCUT2D eigenvalue weighted by Crippen LogP contribution is 1.94. The maximum Gasteiger partial charge on any atom is 0.0245 e. The van der Waals surface area contributed by atoms with E-state index in [1.165, 1.54) is 0 Å². The summed E-state index contributed by atoms with van der Waals surface area (Å²) in [6.07, 6.45) is 0.925. The summed E-state index contributed by atoms with van der Waals surface area (Å²) in [6.45, 7) is 6.05. The van der Waals surface area contributed by atoms with Crippen molar-refractivity contribution in [3.05, 3.63) is 35.9 Å². The molecule has 0 radical (unpaired) electrons. The Labute approximate surface area is 75.6 Å². The van der Waals surface area contributed by atoms with Crippen LogP contribution in [0.1, 0.15) is 32.8 Å². The summed E-state index contributed by atoms with van der Waals surface area (Å²) in [6, 6.07) is 10.0. The van der Waals surface area contributed by atoms with Gasteiger partial charge >= 0.3 is 0 Å². The molecule has 0 aliphatic rings. The lowest BCUT2D eigenvalue weighted by atomic mass is 10.2. The molecule has 0 heteroatoms. The third-order valence-corrected chi connectivity index (χ3v) is 1.18. The van der Waals surface area contributed by atoms with Crippen molar-refractivity contribution in [2.75, 3.05) is 0 Å². The van der Waals surface area contributed by atoms with E-state index in [1.54, 1.807) is 0 Å². The fourth-order valence-electron chi connectivity index (χ4n) is 0.712. The molecule has 0 fully saturated rings. The van der Waals surface area contributed by atoms with Gasteiger partial charge in [0.25, 0.3) is 0 Å². The van der Waals surface area contributed by atoms with Crippen LogP contribution < -0.4 is 0 Å². The van der Waals surface area contributed by atoms with Gasteiger partial charge in [-0.2, -0.15) is 0 Å². The third kappa shape index (κ3) is 4.57. The van der Waals surface area contributed by atoms with Crippen LogP contribution in [0, 0.1) is 11.8 Å². The predicted molar refractivity (Wildman–Crippen MR) is 55.0 cm³/mol. The van der Waals surface area contributed by atoms with Crippen LogP contribution >= 0.6 is 0 Å². The van der Waals surface area contributed by atoms with Crippen LogP contribution in [0.25, 0.3) is 0 Å². The predicted octanol–water partition coefficient (Wildman–Crippen LogP) is 3.47. The molecular weight excluding hydrogens is 144 g/mol. The molecule has 1 aromatic carbocycles. The Balaban J connectivity index is 0.000000561. The Morgan fingerprint density at radius 1 is 1.08 bits per heavy atom. The molecule has 0 heterocycles. The maximum absolute atomic E-state index is 3.04. The fourth-order valence-corrected chi connectivity index (χ4v) is 0.712. The Bertz CT molecular complexity index is 236. The molecule has 0 saturated carbocycles. The molecule has 0 unspecified atom stereocenters. The number of benzene rings is 1. The minimum absolute atomic E-state index is 0.925. The molecule has 0 aromatic heterocycles. The highest BCUT2D eigenvalue weighted by Gasteiger charge is 1.78. The van der Waals surface area contributed by atoms with Gasteiger partial charge in [-0.1, -0.05) is 50.8 Å². The van der Waals surface area contributed by atoms with E-state index in [0.29, 0.717) is 0 Å². The Kier molecular flexibility index (Phi) is 7.08. The standard InChI is InChI=1S/C10H10.C2H6/c1-2-3-7-10-8-5-4-6-9-10;1-2/h4-6,8-9H,2H2,1H3;1-2H3. The second-order valence-electron chi connectivity index (χ2n) is 2.02. The molecule has 12 heavy (non-hydrogen) atoms. The topological polar surface area (TPSA) is 0 Å². The van der Waals surface area contributed by atoms with Gasteiger partial charge < -0.3 is 0 Å². The van der Waals surface area contributed by atoms with Gasteiger partial charge in [-0.15, -0.1) is 0 Å². The molecule has 0 saturated heterocycles. The van der Waals surface area contributed by atoms with Gasteiger partial charge in [-0.25, -0.2) is 0 Å². The van der Waals surface area contributed by atoms with Crippen LogP contribution in [-0.4, -0.2) is 0 Å². The second kappa shape index (κ2) is 7.88. The maximum atomic E-state index is 3.04. The van der Waals surface area contributed by atoms with E-state index in [2.05, 4.69) is 18.8 Å². The lowest BCUT2D eigenvalue weighted by Crippen LogP contribution is -1.69. The van der Waals surface area contributed by atoms with Gasteiger partial charge in [-0.3, -0.25) is 0 Å². The van der Waals surface area contributed by atoms with Crippen molar-refractivity contribution >= 4 is 0 Å².